The Labute approximate surface area is 154 Å². The van der Waals surface area contributed by atoms with E-state index in [1.54, 1.807) is 13.0 Å². The number of carbonyl (C=O) groups excluding carboxylic acids is 2. The molecule has 2 rings (SSSR count). The van der Waals surface area contributed by atoms with Crippen molar-refractivity contribution in [3.63, 3.8) is 0 Å². The highest BCUT2D eigenvalue weighted by Crippen LogP contribution is 2.23. The molecule has 1 amide bonds. The van der Waals surface area contributed by atoms with Crippen molar-refractivity contribution in [2.24, 2.45) is 0 Å². The Bertz CT molecular complexity index is 806. The van der Waals surface area contributed by atoms with E-state index in [1.165, 1.54) is 23.9 Å². The van der Waals surface area contributed by atoms with Gasteiger partial charge in [0.1, 0.15) is 11.3 Å². The number of hydrogen-bond acceptors (Lipinski definition) is 5. The van der Waals surface area contributed by atoms with Crippen LogP contribution in [0.15, 0.2) is 53.4 Å². The molecule has 7 heteroatoms. The Morgan fingerprint density at radius 3 is 2.68 bits per heavy atom. The van der Waals surface area contributed by atoms with Crippen LogP contribution in [0.3, 0.4) is 0 Å². The lowest BCUT2D eigenvalue weighted by molar-refractivity contribution is -0.146. The first kappa shape index (κ1) is 18.8. The van der Waals surface area contributed by atoms with Gasteiger partial charge in [-0.3, -0.25) is 9.59 Å². The molecule has 0 bridgehead atoms. The number of carbonyl (C=O) groups is 2. The van der Waals surface area contributed by atoms with Gasteiger partial charge in [0.25, 0.3) is 5.91 Å². The first-order valence-corrected chi connectivity index (χ1v) is 8.63. The fourth-order valence-corrected chi connectivity index (χ4v) is 2.97. The molecule has 1 atom stereocenters. The Hall–Kier alpha value is -2.49. The minimum Gasteiger partial charge on any atom is -0.455 e. The highest BCUT2D eigenvalue weighted by Gasteiger charge is 2.17. The number of anilines is 1. The molecule has 0 radical (unpaired) electrons. The van der Waals surface area contributed by atoms with Crippen LogP contribution in [0.2, 0.25) is 5.02 Å². The molecule has 128 valence electrons. The fourth-order valence-electron chi connectivity index (χ4n) is 1.91. The molecular formula is C18H15ClN2O3S. The number of rotatable bonds is 6. The average molecular weight is 375 g/mol. The number of halogens is 1. The number of ether oxygens (including phenoxy) is 1. The van der Waals surface area contributed by atoms with Crippen LogP contribution in [-0.4, -0.2) is 23.7 Å². The summed E-state index contributed by atoms with van der Waals surface area (Å²) in [6, 6.07) is 15.9. The van der Waals surface area contributed by atoms with Gasteiger partial charge >= 0.3 is 5.97 Å². The minimum absolute atomic E-state index is 0.275. The summed E-state index contributed by atoms with van der Waals surface area (Å²) in [5.41, 5.74) is 0.555. The van der Waals surface area contributed by atoms with E-state index < -0.39 is 23.7 Å². The van der Waals surface area contributed by atoms with Gasteiger partial charge in [-0.05, 0) is 37.3 Å². The van der Waals surface area contributed by atoms with Gasteiger partial charge in [0, 0.05) is 9.92 Å². The van der Waals surface area contributed by atoms with Crippen molar-refractivity contribution in [3.05, 3.63) is 59.1 Å². The molecule has 0 spiro atoms. The Kier molecular flexibility index (Phi) is 6.87. The topological polar surface area (TPSA) is 79.2 Å². The summed E-state index contributed by atoms with van der Waals surface area (Å²) >= 11 is 7.20. The Morgan fingerprint density at radius 2 is 2.00 bits per heavy atom. The van der Waals surface area contributed by atoms with Gasteiger partial charge in [0.2, 0.25) is 0 Å². The maximum Gasteiger partial charge on any atom is 0.319 e. The third kappa shape index (κ3) is 5.82. The molecule has 25 heavy (non-hydrogen) atoms. The maximum atomic E-state index is 12.0. The van der Waals surface area contributed by atoms with Gasteiger partial charge in [-0.25, -0.2) is 0 Å². The molecule has 2 aromatic carbocycles. The number of thioether (sulfide) groups is 1. The lowest BCUT2D eigenvalue weighted by atomic mass is 10.2. The molecule has 2 aromatic rings. The first-order valence-electron chi connectivity index (χ1n) is 7.37. The Balaban J connectivity index is 1.86. The molecule has 0 saturated carbocycles. The van der Waals surface area contributed by atoms with Crippen LogP contribution in [0, 0.1) is 11.3 Å². The third-order valence-electron chi connectivity index (χ3n) is 3.11. The van der Waals surface area contributed by atoms with E-state index >= 15 is 0 Å². The molecule has 0 unspecified atom stereocenters. The standard InChI is InChI=1S/C18H15ClN2O3S/c1-12(25-15-5-3-2-4-6-15)18(23)24-11-17(22)21-16-9-14(19)8-7-13(16)10-20/h2-9,12H,11H2,1H3,(H,21,22)/t12-/m1/s1. The number of hydrogen-bond donors (Lipinski definition) is 1. The highest BCUT2D eigenvalue weighted by atomic mass is 35.5. The van der Waals surface area contributed by atoms with E-state index in [4.69, 9.17) is 21.6 Å². The van der Waals surface area contributed by atoms with Crippen molar-refractivity contribution in [3.8, 4) is 6.07 Å². The number of nitrogens with one attached hydrogen (secondary N) is 1. The van der Waals surface area contributed by atoms with Crippen LogP contribution >= 0.6 is 23.4 Å². The number of amides is 1. The van der Waals surface area contributed by atoms with Gasteiger partial charge in [0.15, 0.2) is 6.61 Å². The number of nitrogens with zero attached hydrogens (tertiary/aromatic N) is 1. The zero-order chi connectivity index (χ0) is 18.2. The van der Waals surface area contributed by atoms with Crippen LogP contribution in [0.4, 0.5) is 5.69 Å². The lowest BCUT2D eigenvalue weighted by Gasteiger charge is -2.12. The van der Waals surface area contributed by atoms with Crippen molar-refractivity contribution < 1.29 is 14.3 Å². The second-order valence-corrected chi connectivity index (χ2v) is 6.88. The molecule has 0 aliphatic rings. The van der Waals surface area contributed by atoms with Crippen molar-refractivity contribution in [1.29, 1.82) is 5.26 Å². The normalized spacial score (nSPS) is 11.2. The second-order valence-electron chi connectivity index (χ2n) is 5.03. The highest BCUT2D eigenvalue weighted by molar-refractivity contribution is 8.00. The SMILES string of the molecule is C[C@@H](Sc1ccccc1)C(=O)OCC(=O)Nc1cc(Cl)ccc1C#N. The predicted molar refractivity (Wildman–Crippen MR) is 97.5 cm³/mol. The summed E-state index contributed by atoms with van der Waals surface area (Å²) in [7, 11) is 0. The molecular weight excluding hydrogens is 360 g/mol. The van der Waals surface area contributed by atoms with Crippen LogP contribution in [-0.2, 0) is 14.3 Å². The largest absolute Gasteiger partial charge is 0.455 e. The third-order valence-corrected chi connectivity index (χ3v) is 4.44. The fraction of sp³-hybridized carbons (Fsp3) is 0.167. The van der Waals surface area contributed by atoms with Crippen LogP contribution in [0.1, 0.15) is 12.5 Å². The van der Waals surface area contributed by atoms with Crippen molar-refractivity contribution in [2.75, 3.05) is 11.9 Å². The summed E-state index contributed by atoms with van der Waals surface area (Å²) in [4.78, 5) is 24.9. The van der Waals surface area contributed by atoms with Crippen LogP contribution in [0.25, 0.3) is 0 Å². The molecule has 5 nitrogen and oxygen atoms in total. The van der Waals surface area contributed by atoms with Gasteiger partial charge in [-0.1, -0.05) is 29.8 Å². The van der Waals surface area contributed by atoms with Crippen molar-refractivity contribution in [1.82, 2.24) is 0 Å². The summed E-state index contributed by atoms with van der Waals surface area (Å²) in [6.07, 6.45) is 0. The second kappa shape index (κ2) is 9.11. The van der Waals surface area contributed by atoms with E-state index in [9.17, 15) is 9.59 Å². The van der Waals surface area contributed by atoms with Gasteiger partial charge in [-0.2, -0.15) is 5.26 Å². The Morgan fingerprint density at radius 1 is 1.28 bits per heavy atom. The van der Waals surface area contributed by atoms with Gasteiger partial charge in [0.05, 0.1) is 11.3 Å². The van der Waals surface area contributed by atoms with Gasteiger partial charge in [-0.15, -0.1) is 11.8 Å². The molecule has 1 N–H and O–H groups in total. The summed E-state index contributed by atoms with van der Waals surface area (Å²) in [6.45, 7) is 1.28. The number of esters is 1. The molecule has 0 aliphatic heterocycles. The molecule has 0 heterocycles. The number of benzene rings is 2. The minimum atomic E-state index is -0.538. The zero-order valence-electron chi connectivity index (χ0n) is 13.4. The van der Waals surface area contributed by atoms with E-state index in [2.05, 4.69) is 5.32 Å². The van der Waals surface area contributed by atoms with Crippen molar-refractivity contribution in [2.45, 2.75) is 17.1 Å². The average Bonchev–Trinajstić information content (AvgIpc) is 2.60. The van der Waals surface area contributed by atoms with E-state index in [1.807, 2.05) is 36.4 Å². The zero-order valence-corrected chi connectivity index (χ0v) is 14.9. The summed E-state index contributed by atoms with van der Waals surface area (Å²) in [5, 5.41) is 11.5. The first-order chi connectivity index (χ1) is 12.0. The summed E-state index contributed by atoms with van der Waals surface area (Å²) < 4.78 is 5.03. The van der Waals surface area contributed by atoms with Crippen LogP contribution < -0.4 is 5.32 Å². The van der Waals surface area contributed by atoms with Gasteiger partial charge < -0.3 is 10.1 Å². The smallest absolute Gasteiger partial charge is 0.319 e. The van der Waals surface area contributed by atoms with E-state index in [-0.39, 0.29) is 11.3 Å². The number of nitriles is 1. The van der Waals surface area contributed by atoms with Crippen LogP contribution in [0.5, 0.6) is 0 Å². The molecule has 0 saturated heterocycles. The quantitative estimate of drug-likeness (QED) is 0.613. The predicted octanol–water partition coefficient (Wildman–Crippen LogP) is 3.87. The summed E-state index contributed by atoms with van der Waals surface area (Å²) in [5.74, 6) is -1.03. The lowest BCUT2D eigenvalue weighted by Crippen LogP contribution is -2.25. The maximum absolute atomic E-state index is 12.0. The molecule has 0 aliphatic carbocycles. The van der Waals surface area contributed by atoms with E-state index in [0.29, 0.717) is 5.02 Å². The van der Waals surface area contributed by atoms with E-state index in [0.717, 1.165) is 4.90 Å². The molecule has 0 fully saturated rings. The monoisotopic (exact) mass is 374 g/mol. The molecule has 0 aromatic heterocycles. The van der Waals surface area contributed by atoms with Crippen molar-refractivity contribution >= 4 is 40.9 Å².